The first kappa shape index (κ1) is 9.88. The summed E-state index contributed by atoms with van der Waals surface area (Å²) in [6, 6.07) is 1.61. The maximum absolute atomic E-state index is 8.93. The maximum Gasteiger partial charge on any atom is 0.129 e. The second-order valence-electron chi connectivity index (χ2n) is 2.57. The number of aromatic nitrogens is 2. The van der Waals surface area contributed by atoms with Crippen LogP contribution in [0.1, 0.15) is 0 Å². The number of nitrogens with one attached hydrogen (secondary N) is 1. The zero-order chi connectivity index (χ0) is 9.52. The fourth-order valence-electron chi connectivity index (χ4n) is 0.926. The highest BCUT2D eigenvalue weighted by Gasteiger charge is 2.06. The molecule has 0 aromatic carbocycles. The van der Waals surface area contributed by atoms with Crippen LogP contribution in [-0.4, -0.2) is 41.4 Å². The van der Waals surface area contributed by atoms with Crippen molar-refractivity contribution in [2.75, 3.05) is 25.6 Å². The third kappa shape index (κ3) is 3.35. The first-order valence-corrected chi connectivity index (χ1v) is 3.99. The summed E-state index contributed by atoms with van der Waals surface area (Å²) in [5, 5.41) is 11.9. The van der Waals surface area contributed by atoms with E-state index in [0.717, 1.165) is 0 Å². The van der Waals surface area contributed by atoms with Gasteiger partial charge in [-0.3, -0.25) is 0 Å². The van der Waals surface area contributed by atoms with E-state index in [1.165, 1.54) is 6.33 Å². The Labute approximate surface area is 76.8 Å². The highest BCUT2D eigenvalue weighted by Crippen LogP contribution is 2.00. The van der Waals surface area contributed by atoms with Crippen LogP contribution >= 0.6 is 0 Å². The van der Waals surface area contributed by atoms with E-state index in [0.29, 0.717) is 12.4 Å². The minimum atomic E-state index is -0.125. The third-order valence-corrected chi connectivity index (χ3v) is 1.52. The lowest BCUT2D eigenvalue weighted by molar-refractivity contribution is 0.153. The number of aliphatic hydroxyl groups excluding tert-OH is 1. The molecule has 0 saturated heterocycles. The van der Waals surface area contributed by atoms with Crippen molar-refractivity contribution < 1.29 is 9.84 Å². The second kappa shape index (κ2) is 5.45. The van der Waals surface area contributed by atoms with Crippen LogP contribution in [0.25, 0.3) is 0 Å². The van der Waals surface area contributed by atoms with E-state index >= 15 is 0 Å². The van der Waals surface area contributed by atoms with E-state index in [1.807, 2.05) is 0 Å². The number of hydrogen-bond acceptors (Lipinski definition) is 5. The van der Waals surface area contributed by atoms with Gasteiger partial charge in [-0.05, 0) is 6.07 Å². The van der Waals surface area contributed by atoms with Crippen molar-refractivity contribution in [3.8, 4) is 0 Å². The van der Waals surface area contributed by atoms with Gasteiger partial charge in [0.25, 0.3) is 0 Å². The summed E-state index contributed by atoms with van der Waals surface area (Å²) in [5.74, 6) is 0.686. The summed E-state index contributed by atoms with van der Waals surface area (Å²) in [7, 11) is 1.59. The van der Waals surface area contributed by atoms with Gasteiger partial charge in [-0.25, -0.2) is 9.97 Å². The lowest BCUT2D eigenvalue weighted by Crippen LogP contribution is -2.29. The molecule has 0 radical (unpaired) electrons. The number of ether oxygens (including phenoxy) is 1. The molecule has 1 aromatic rings. The fraction of sp³-hybridized carbons (Fsp3) is 0.500. The molecule has 1 unspecified atom stereocenters. The minimum Gasteiger partial charge on any atom is -0.394 e. The van der Waals surface area contributed by atoms with Gasteiger partial charge >= 0.3 is 0 Å². The minimum absolute atomic E-state index is 0.0117. The van der Waals surface area contributed by atoms with Crippen LogP contribution in [0.3, 0.4) is 0 Å². The molecular formula is C8H13N3O2. The van der Waals surface area contributed by atoms with Crippen LogP contribution in [0.2, 0.25) is 0 Å². The van der Waals surface area contributed by atoms with E-state index in [9.17, 15) is 0 Å². The summed E-state index contributed by atoms with van der Waals surface area (Å²) in [6.07, 6.45) is 3.08. The summed E-state index contributed by atoms with van der Waals surface area (Å²) in [4.78, 5) is 7.74. The van der Waals surface area contributed by atoms with Gasteiger partial charge < -0.3 is 15.2 Å². The van der Waals surface area contributed by atoms with E-state index in [1.54, 1.807) is 19.4 Å². The van der Waals surface area contributed by atoms with E-state index in [2.05, 4.69) is 15.3 Å². The molecule has 72 valence electrons. The van der Waals surface area contributed by atoms with Crippen LogP contribution in [0, 0.1) is 0 Å². The normalized spacial score (nSPS) is 12.5. The predicted molar refractivity (Wildman–Crippen MR) is 48.4 cm³/mol. The van der Waals surface area contributed by atoms with Crippen molar-refractivity contribution in [1.82, 2.24) is 9.97 Å². The molecule has 13 heavy (non-hydrogen) atoms. The van der Waals surface area contributed by atoms with E-state index < -0.39 is 0 Å². The Hall–Kier alpha value is -1.20. The first-order chi connectivity index (χ1) is 6.36. The zero-order valence-corrected chi connectivity index (χ0v) is 7.47. The highest BCUT2D eigenvalue weighted by molar-refractivity contribution is 5.32. The van der Waals surface area contributed by atoms with Gasteiger partial charge in [0, 0.05) is 13.3 Å². The molecule has 0 aliphatic carbocycles. The van der Waals surface area contributed by atoms with Crippen molar-refractivity contribution in [1.29, 1.82) is 0 Å². The monoisotopic (exact) mass is 183 g/mol. The number of hydrogen-bond donors (Lipinski definition) is 2. The third-order valence-electron chi connectivity index (χ3n) is 1.52. The largest absolute Gasteiger partial charge is 0.394 e. The summed E-state index contributed by atoms with van der Waals surface area (Å²) < 4.78 is 4.90. The molecular weight excluding hydrogens is 170 g/mol. The number of aliphatic hydroxyl groups is 1. The van der Waals surface area contributed by atoms with Crippen molar-refractivity contribution in [3.63, 3.8) is 0 Å². The number of nitrogens with zero attached hydrogens (tertiary/aromatic N) is 2. The van der Waals surface area contributed by atoms with E-state index in [4.69, 9.17) is 9.84 Å². The molecule has 2 N–H and O–H groups in total. The lowest BCUT2D eigenvalue weighted by atomic mass is 10.3. The van der Waals surface area contributed by atoms with E-state index in [-0.39, 0.29) is 12.6 Å². The molecule has 0 aliphatic heterocycles. The van der Waals surface area contributed by atoms with Crippen LogP contribution in [0.15, 0.2) is 18.6 Å². The van der Waals surface area contributed by atoms with Crippen LogP contribution in [0.5, 0.6) is 0 Å². The number of methoxy groups -OCH3 is 1. The quantitative estimate of drug-likeness (QED) is 0.667. The SMILES string of the molecule is COCC(CO)Nc1ccncn1. The van der Waals surface area contributed by atoms with Crippen LogP contribution in [0.4, 0.5) is 5.82 Å². The second-order valence-corrected chi connectivity index (χ2v) is 2.57. The molecule has 1 aromatic heterocycles. The molecule has 0 spiro atoms. The lowest BCUT2D eigenvalue weighted by Gasteiger charge is -2.14. The van der Waals surface area contributed by atoms with Crippen molar-refractivity contribution >= 4 is 5.82 Å². The average molecular weight is 183 g/mol. The predicted octanol–water partition coefficient (Wildman–Crippen LogP) is -0.104. The molecule has 0 bridgehead atoms. The molecule has 0 amide bonds. The zero-order valence-electron chi connectivity index (χ0n) is 7.47. The Morgan fingerprint density at radius 2 is 2.54 bits per heavy atom. The van der Waals surface area contributed by atoms with Crippen LogP contribution in [-0.2, 0) is 4.74 Å². The van der Waals surface area contributed by atoms with Crippen molar-refractivity contribution in [3.05, 3.63) is 18.6 Å². The fourth-order valence-corrected chi connectivity index (χ4v) is 0.926. The summed E-state index contributed by atoms with van der Waals surface area (Å²) >= 11 is 0. The molecule has 1 rings (SSSR count). The molecule has 0 aliphatic rings. The van der Waals surface area contributed by atoms with Crippen LogP contribution < -0.4 is 5.32 Å². The molecule has 5 nitrogen and oxygen atoms in total. The first-order valence-electron chi connectivity index (χ1n) is 3.99. The van der Waals surface area contributed by atoms with Crippen molar-refractivity contribution in [2.24, 2.45) is 0 Å². The Morgan fingerprint density at radius 3 is 3.08 bits per heavy atom. The Kier molecular flexibility index (Phi) is 4.14. The number of anilines is 1. The maximum atomic E-state index is 8.93. The molecule has 1 heterocycles. The summed E-state index contributed by atoms with van der Waals surface area (Å²) in [5.41, 5.74) is 0. The number of rotatable bonds is 5. The topological polar surface area (TPSA) is 67.3 Å². The van der Waals surface area contributed by atoms with Crippen molar-refractivity contribution in [2.45, 2.75) is 6.04 Å². The Morgan fingerprint density at radius 1 is 1.69 bits per heavy atom. The standard InChI is InChI=1S/C8H13N3O2/c1-13-5-7(4-12)11-8-2-3-9-6-10-8/h2-3,6-7,12H,4-5H2,1H3,(H,9,10,11). The van der Waals surface area contributed by atoms with Gasteiger partial charge in [-0.1, -0.05) is 0 Å². The molecule has 5 heteroatoms. The molecule has 0 fully saturated rings. The Bertz CT molecular complexity index is 230. The summed E-state index contributed by atoms with van der Waals surface area (Å²) in [6.45, 7) is 0.457. The molecule has 1 atom stereocenters. The smallest absolute Gasteiger partial charge is 0.129 e. The van der Waals surface area contributed by atoms with Gasteiger partial charge in [0.15, 0.2) is 0 Å². The van der Waals surface area contributed by atoms with Gasteiger partial charge in [-0.15, -0.1) is 0 Å². The highest BCUT2D eigenvalue weighted by atomic mass is 16.5. The van der Waals surface area contributed by atoms with Gasteiger partial charge in [0.2, 0.25) is 0 Å². The average Bonchev–Trinajstić information content (AvgIpc) is 2.19. The van der Waals surface area contributed by atoms with Gasteiger partial charge in [0.05, 0.1) is 19.3 Å². The molecule has 0 saturated carbocycles. The van der Waals surface area contributed by atoms with Gasteiger partial charge in [-0.2, -0.15) is 0 Å². The Balaban J connectivity index is 2.46. The van der Waals surface area contributed by atoms with Gasteiger partial charge in [0.1, 0.15) is 12.1 Å².